The maximum atomic E-state index is 13.0. The lowest BCUT2D eigenvalue weighted by Crippen LogP contribution is -2.50. The third-order valence-corrected chi connectivity index (χ3v) is 6.77. The monoisotopic (exact) mass is 493 g/mol. The van der Waals surface area contributed by atoms with Gasteiger partial charge in [-0.15, -0.1) is 0 Å². The van der Waals surface area contributed by atoms with E-state index in [0.717, 1.165) is 34.0 Å². The van der Waals surface area contributed by atoms with Gasteiger partial charge in [0, 0.05) is 60.1 Å². The Kier molecular flexibility index (Phi) is 6.68. The molecule has 3 heterocycles. The van der Waals surface area contributed by atoms with E-state index in [0.29, 0.717) is 57.3 Å². The topological polar surface area (TPSA) is 64.0 Å². The van der Waals surface area contributed by atoms with Crippen LogP contribution in [0.15, 0.2) is 54.6 Å². The number of fused-ring (bicyclic) bond motifs is 3. The second-order valence-electron chi connectivity index (χ2n) is 8.67. The van der Waals surface area contributed by atoms with Gasteiger partial charge in [0.25, 0.3) is 0 Å². The normalized spacial score (nSPS) is 14.7. The Morgan fingerprint density at radius 1 is 1.00 bits per heavy atom. The molecule has 35 heavy (non-hydrogen) atoms. The van der Waals surface area contributed by atoms with E-state index in [-0.39, 0.29) is 12.0 Å². The number of halogens is 1. The van der Waals surface area contributed by atoms with Crippen molar-refractivity contribution in [3.05, 3.63) is 70.9 Å². The highest BCUT2D eigenvalue weighted by Crippen LogP contribution is 2.41. The molecule has 0 bridgehead atoms. The fourth-order valence-electron chi connectivity index (χ4n) is 4.78. The fourth-order valence-corrected chi connectivity index (χ4v) is 4.91. The zero-order chi connectivity index (χ0) is 24.4. The van der Waals surface area contributed by atoms with Crippen molar-refractivity contribution in [2.24, 2.45) is 0 Å². The zero-order valence-electron chi connectivity index (χ0n) is 19.7. The number of hydrogen-bond donors (Lipinski definition) is 0. The number of carbonyl (C=O) groups is 2. The van der Waals surface area contributed by atoms with Gasteiger partial charge in [-0.25, -0.2) is 4.79 Å². The molecule has 5 rings (SSSR count). The van der Waals surface area contributed by atoms with Gasteiger partial charge in [0.1, 0.15) is 12.4 Å². The Bertz CT molecular complexity index is 1230. The van der Waals surface area contributed by atoms with E-state index < -0.39 is 0 Å². The van der Waals surface area contributed by atoms with Gasteiger partial charge in [0.2, 0.25) is 5.91 Å². The highest BCUT2D eigenvalue weighted by atomic mass is 35.5. The summed E-state index contributed by atoms with van der Waals surface area (Å²) >= 11 is 6.16. The van der Waals surface area contributed by atoms with Crippen molar-refractivity contribution in [3.8, 4) is 22.7 Å². The van der Waals surface area contributed by atoms with Gasteiger partial charge in [0.05, 0.1) is 12.3 Å². The molecule has 0 radical (unpaired) electrons. The third-order valence-electron chi connectivity index (χ3n) is 6.52. The van der Waals surface area contributed by atoms with E-state index in [4.69, 9.17) is 21.1 Å². The Morgan fingerprint density at radius 3 is 2.46 bits per heavy atom. The number of aryl methyl sites for hydroxylation is 1. The number of para-hydroxylation sites is 1. The summed E-state index contributed by atoms with van der Waals surface area (Å²) in [5, 5.41) is 0.678. The molecule has 182 valence electrons. The second-order valence-corrected chi connectivity index (χ2v) is 9.11. The number of aromatic nitrogens is 1. The first-order valence-corrected chi connectivity index (χ1v) is 12.3. The van der Waals surface area contributed by atoms with Crippen LogP contribution in [0.25, 0.3) is 16.9 Å². The molecule has 3 aromatic rings. The third kappa shape index (κ3) is 4.73. The molecule has 0 unspecified atom stereocenters. The van der Waals surface area contributed by atoms with Crippen molar-refractivity contribution in [3.63, 3.8) is 0 Å². The first-order chi connectivity index (χ1) is 17.0. The summed E-state index contributed by atoms with van der Waals surface area (Å²) in [6.45, 7) is 4.66. The number of ether oxygens (including phenoxy) is 2. The molecule has 1 aromatic heterocycles. The van der Waals surface area contributed by atoms with Gasteiger partial charge in [-0.1, -0.05) is 23.7 Å². The van der Waals surface area contributed by atoms with Gasteiger partial charge in [-0.3, -0.25) is 4.79 Å². The van der Waals surface area contributed by atoms with Crippen molar-refractivity contribution < 1.29 is 19.1 Å². The van der Waals surface area contributed by atoms with Crippen molar-refractivity contribution in [1.29, 1.82) is 0 Å². The highest BCUT2D eigenvalue weighted by Gasteiger charge is 2.27. The Labute approximate surface area is 209 Å². The van der Waals surface area contributed by atoms with Crippen LogP contribution in [0.4, 0.5) is 4.79 Å². The van der Waals surface area contributed by atoms with Crippen LogP contribution in [0.3, 0.4) is 0 Å². The zero-order valence-corrected chi connectivity index (χ0v) is 20.5. The molecule has 2 aromatic carbocycles. The van der Waals surface area contributed by atoms with E-state index in [2.05, 4.69) is 16.7 Å². The molecule has 1 fully saturated rings. The number of hydrogen-bond acceptors (Lipinski definition) is 4. The molecule has 2 amide bonds. The number of amides is 2. The minimum absolute atomic E-state index is 0.0898. The predicted octanol–water partition coefficient (Wildman–Crippen LogP) is 4.92. The molecule has 0 N–H and O–H groups in total. The molecular weight excluding hydrogens is 466 g/mol. The summed E-state index contributed by atoms with van der Waals surface area (Å²) < 4.78 is 13.3. The fraction of sp³-hybridized carbons (Fsp3) is 0.333. The van der Waals surface area contributed by atoms with Crippen LogP contribution in [0.2, 0.25) is 5.02 Å². The predicted molar refractivity (Wildman–Crippen MR) is 134 cm³/mol. The lowest BCUT2D eigenvalue weighted by molar-refractivity contribution is -0.132. The van der Waals surface area contributed by atoms with E-state index >= 15 is 0 Å². The van der Waals surface area contributed by atoms with Crippen molar-refractivity contribution in [1.82, 2.24) is 14.4 Å². The van der Waals surface area contributed by atoms with Crippen LogP contribution in [0.1, 0.15) is 24.6 Å². The maximum Gasteiger partial charge on any atom is 0.409 e. The lowest BCUT2D eigenvalue weighted by Gasteiger charge is -2.34. The van der Waals surface area contributed by atoms with E-state index in [9.17, 15) is 9.59 Å². The smallest absolute Gasteiger partial charge is 0.409 e. The van der Waals surface area contributed by atoms with Gasteiger partial charge >= 0.3 is 6.09 Å². The molecule has 2 aliphatic heterocycles. The number of piperazine rings is 1. The van der Waals surface area contributed by atoms with Crippen LogP contribution < -0.4 is 4.74 Å². The van der Waals surface area contributed by atoms with Crippen molar-refractivity contribution in [2.45, 2.75) is 26.4 Å². The quantitative estimate of drug-likeness (QED) is 0.506. The summed E-state index contributed by atoms with van der Waals surface area (Å²) in [5.74, 6) is 0.947. The second kappa shape index (κ2) is 10.0. The van der Waals surface area contributed by atoms with Crippen LogP contribution in [0.5, 0.6) is 5.75 Å². The molecule has 7 nitrogen and oxygen atoms in total. The SMILES string of the molecule is CCOC(=O)N1CCN(C(=O)CCc2cc3c(n2-c2ccc(Cl)cc2)-c2ccccc2OC3)CC1. The van der Waals surface area contributed by atoms with Crippen LogP contribution in [-0.4, -0.2) is 59.2 Å². The number of carbonyl (C=O) groups excluding carboxylic acids is 2. The van der Waals surface area contributed by atoms with Crippen LogP contribution in [0, 0.1) is 0 Å². The average molecular weight is 494 g/mol. The Hall–Kier alpha value is -3.45. The summed E-state index contributed by atoms with van der Waals surface area (Å²) in [6, 6.07) is 17.9. The van der Waals surface area contributed by atoms with Crippen molar-refractivity contribution in [2.75, 3.05) is 32.8 Å². The number of nitrogens with zero attached hydrogens (tertiary/aromatic N) is 3. The van der Waals surface area contributed by atoms with Crippen LogP contribution >= 0.6 is 11.6 Å². The minimum Gasteiger partial charge on any atom is -0.488 e. The number of benzene rings is 2. The first-order valence-electron chi connectivity index (χ1n) is 12.0. The minimum atomic E-state index is -0.312. The summed E-state index contributed by atoms with van der Waals surface area (Å²) in [6.07, 6.45) is 0.668. The summed E-state index contributed by atoms with van der Waals surface area (Å²) in [4.78, 5) is 28.5. The number of rotatable bonds is 5. The van der Waals surface area contributed by atoms with Gasteiger partial charge < -0.3 is 23.8 Å². The molecule has 0 spiro atoms. The van der Waals surface area contributed by atoms with Crippen molar-refractivity contribution >= 4 is 23.6 Å². The highest BCUT2D eigenvalue weighted by molar-refractivity contribution is 6.30. The molecule has 0 aliphatic carbocycles. The van der Waals surface area contributed by atoms with E-state index in [1.54, 1.807) is 11.8 Å². The summed E-state index contributed by atoms with van der Waals surface area (Å²) in [7, 11) is 0. The van der Waals surface area contributed by atoms with E-state index in [1.165, 1.54) is 0 Å². The molecule has 2 aliphatic rings. The van der Waals surface area contributed by atoms with Gasteiger partial charge in [-0.05, 0) is 55.8 Å². The molecule has 0 atom stereocenters. The standard InChI is InChI=1S/C27H28ClN3O4/c1-2-34-27(33)30-15-13-29(14-16-30)25(32)12-11-22-17-19-18-35-24-6-4-3-5-23(24)26(19)31(22)21-9-7-20(28)8-10-21/h3-10,17H,2,11-16,18H2,1H3. The van der Waals surface area contributed by atoms with Gasteiger partial charge in [0.15, 0.2) is 0 Å². The molecule has 1 saturated heterocycles. The van der Waals surface area contributed by atoms with Gasteiger partial charge in [-0.2, -0.15) is 0 Å². The largest absolute Gasteiger partial charge is 0.488 e. The molecule has 8 heteroatoms. The molecular formula is C27H28ClN3O4. The van der Waals surface area contributed by atoms with E-state index in [1.807, 2.05) is 47.4 Å². The lowest BCUT2D eigenvalue weighted by atomic mass is 10.0. The Morgan fingerprint density at radius 2 is 1.71 bits per heavy atom. The summed E-state index contributed by atoms with van der Waals surface area (Å²) in [5.41, 5.74) is 5.29. The first kappa shape index (κ1) is 23.3. The Balaban J connectivity index is 1.36. The molecule has 0 saturated carbocycles. The van der Waals surface area contributed by atoms with Crippen LogP contribution in [-0.2, 0) is 22.6 Å². The maximum absolute atomic E-state index is 13.0. The average Bonchev–Trinajstić information content (AvgIpc) is 3.27.